The smallest absolute Gasteiger partial charge is 0.406 e. The fourth-order valence-corrected chi connectivity index (χ4v) is 3.52. The first-order chi connectivity index (χ1) is 14.8. The maximum Gasteiger partial charge on any atom is 0.406 e. The Bertz CT molecular complexity index is 1010. The predicted molar refractivity (Wildman–Crippen MR) is 111 cm³/mol. The number of nitrogens with zero attached hydrogens (tertiary/aromatic N) is 4. The number of hydrogen-bond donors (Lipinski definition) is 1. The zero-order valence-corrected chi connectivity index (χ0v) is 17.6. The number of rotatable bonds is 8. The SMILES string of the molecule is CCOc1ccc(NC(=O)C(C)Sc2nnc(-c3ccncc3)n2CC(F)(F)F)cc1. The number of aromatic nitrogens is 4. The van der Waals surface area contributed by atoms with Gasteiger partial charge >= 0.3 is 6.18 Å². The first-order valence-corrected chi connectivity index (χ1v) is 10.3. The van der Waals surface area contributed by atoms with E-state index in [2.05, 4.69) is 20.5 Å². The molecule has 0 radical (unpaired) electrons. The van der Waals surface area contributed by atoms with Crippen molar-refractivity contribution in [3.8, 4) is 17.1 Å². The van der Waals surface area contributed by atoms with Gasteiger partial charge in [-0.2, -0.15) is 13.2 Å². The van der Waals surface area contributed by atoms with Crippen LogP contribution in [0.25, 0.3) is 11.4 Å². The number of amides is 1. The minimum absolute atomic E-state index is 0.00141. The summed E-state index contributed by atoms with van der Waals surface area (Å²) < 4.78 is 45.8. The summed E-state index contributed by atoms with van der Waals surface area (Å²) in [7, 11) is 0. The summed E-state index contributed by atoms with van der Waals surface area (Å²) in [5, 5.41) is 9.83. The van der Waals surface area contributed by atoms with Gasteiger partial charge in [0.2, 0.25) is 5.91 Å². The molecule has 0 saturated heterocycles. The summed E-state index contributed by atoms with van der Waals surface area (Å²) in [4.78, 5) is 16.4. The Morgan fingerprint density at radius 3 is 2.45 bits per heavy atom. The van der Waals surface area contributed by atoms with Gasteiger partial charge in [0.25, 0.3) is 0 Å². The van der Waals surface area contributed by atoms with E-state index in [4.69, 9.17) is 4.74 Å². The average Bonchev–Trinajstić information content (AvgIpc) is 3.10. The third-order valence-corrected chi connectivity index (χ3v) is 5.16. The Balaban J connectivity index is 1.76. The molecule has 1 atom stereocenters. The molecule has 0 spiro atoms. The van der Waals surface area contributed by atoms with Crippen LogP contribution in [0.4, 0.5) is 18.9 Å². The second-order valence-corrected chi connectivity index (χ2v) is 7.76. The maximum absolute atomic E-state index is 13.2. The van der Waals surface area contributed by atoms with Gasteiger partial charge in [0.1, 0.15) is 12.3 Å². The average molecular weight is 451 g/mol. The van der Waals surface area contributed by atoms with Gasteiger partial charge in [0.15, 0.2) is 11.0 Å². The molecule has 31 heavy (non-hydrogen) atoms. The number of benzene rings is 1. The number of nitrogens with one attached hydrogen (secondary N) is 1. The lowest BCUT2D eigenvalue weighted by Crippen LogP contribution is -2.24. The fraction of sp³-hybridized carbons (Fsp3) is 0.300. The second-order valence-electron chi connectivity index (χ2n) is 6.45. The van der Waals surface area contributed by atoms with Crippen molar-refractivity contribution < 1.29 is 22.7 Å². The highest BCUT2D eigenvalue weighted by molar-refractivity contribution is 8.00. The summed E-state index contributed by atoms with van der Waals surface area (Å²) in [6, 6.07) is 9.92. The van der Waals surface area contributed by atoms with E-state index < -0.39 is 18.0 Å². The number of carbonyl (C=O) groups excluding carboxylic acids is 1. The van der Waals surface area contributed by atoms with Crippen molar-refractivity contribution >= 4 is 23.4 Å². The number of alkyl halides is 3. The van der Waals surface area contributed by atoms with E-state index in [0.717, 1.165) is 16.3 Å². The molecule has 3 aromatic rings. The molecule has 0 bridgehead atoms. The van der Waals surface area contributed by atoms with Crippen LogP contribution in [-0.2, 0) is 11.3 Å². The van der Waals surface area contributed by atoms with Crippen LogP contribution in [0.3, 0.4) is 0 Å². The number of halogens is 3. The summed E-state index contributed by atoms with van der Waals surface area (Å²) in [5.41, 5.74) is 1.00. The largest absolute Gasteiger partial charge is 0.494 e. The first-order valence-electron chi connectivity index (χ1n) is 9.37. The van der Waals surface area contributed by atoms with E-state index in [1.54, 1.807) is 43.3 Å². The minimum atomic E-state index is -4.48. The van der Waals surface area contributed by atoms with Crippen molar-refractivity contribution in [1.29, 1.82) is 0 Å². The number of carbonyl (C=O) groups is 1. The molecule has 1 amide bonds. The van der Waals surface area contributed by atoms with Gasteiger partial charge in [-0.1, -0.05) is 11.8 Å². The normalized spacial score (nSPS) is 12.4. The van der Waals surface area contributed by atoms with Gasteiger partial charge in [0, 0.05) is 23.6 Å². The molecule has 0 saturated carbocycles. The molecular formula is C20H20F3N5O2S. The highest BCUT2D eigenvalue weighted by Gasteiger charge is 2.32. The van der Waals surface area contributed by atoms with Crippen molar-refractivity contribution in [2.75, 3.05) is 11.9 Å². The van der Waals surface area contributed by atoms with Gasteiger partial charge in [-0.3, -0.25) is 14.3 Å². The number of pyridine rings is 1. The summed E-state index contributed by atoms with van der Waals surface area (Å²) in [5.74, 6) is 0.356. The van der Waals surface area contributed by atoms with Crippen LogP contribution < -0.4 is 10.1 Å². The van der Waals surface area contributed by atoms with Gasteiger partial charge in [-0.25, -0.2) is 0 Å². The molecule has 2 heterocycles. The first kappa shape index (κ1) is 22.6. The maximum atomic E-state index is 13.2. The lowest BCUT2D eigenvalue weighted by Gasteiger charge is -2.15. The van der Waals surface area contributed by atoms with Crippen molar-refractivity contribution in [1.82, 2.24) is 19.7 Å². The second kappa shape index (κ2) is 9.82. The fourth-order valence-electron chi connectivity index (χ4n) is 2.67. The molecule has 3 rings (SSSR count). The molecule has 0 aliphatic heterocycles. The Morgan fingerprint density at radius 1 is 1.16 bits per heavy atom. The number of thioether (sulfide) groups is 1. The molecule has 164 valence electrons. The molecule has 1 N–H and O–H groups in total. The Hall–Kier alpha value is -3.08. The summed E-state index contributed by atoms with van der Waals surface area (Å²) in [6.07, 6.45) is -1.56. The van der Waals surface area contributed by atoms with E-state index >= 15 is 0 Å². The van der Waals surface area contributed by atoms with Gasteiger partial charge in [-0.05, 0) is 50.2 Å². The van der Waals surface area contributed by atoms with Crippen LogP contribution >= 0.6 is 11.8 Å². The van der Waals surface area contributed by atoms with Crippen LogP contribution in [-0.4, -0.2) is 43.7 Å². The zero-order chi connectivity index (χ0) is 22.4. The molecule has 11 heteroatoms. The highest BCUT2D eigenvalue weighted by Crippen LogP contribution is 2.30. The summed E-state index contributed by atoms with van der Waals surface area (Å²) in [6.45, 7) is 2.71. The summed E-state index contributed by atoms with van der Waals surface area (Å²) >= 11 is 0.902. The Kier molecular flexibility index (Phi) is 7.16. The van der Waals surface area contributed by atoms with Crippen molar-refractivity contribution in [3.63, 3.8) is 0 Å². The molecule has 0 aliphatic carbocycles. The number of ether oxygens (including phenoxy) is 1. The number of hydrogen-bond acceptors (Lipinski definition) is 6. The van der Waals surface area contributed by atoms with Gasteiger partial charge in [-0.15, -0.1) is 10.2 Å². The van der Waals surface area contributed by atoms with Crippen LogP contribution in [0.15, 0.2) is 53.9 Å². The quantitative estimate of drug-likeness (QED) is 0.511. The molecular weight excluding hydrogens is 431 g/mol. The van der Waals surface area contributed by atoms with E-state index in [1.165, 1.54) is 12.4 Å². The predicted octanol–water partition coefficient (Wildman–Crippen LogP) is 4.42. The Morgan fingerprint density at radius 2 is 1.84 bits per heavy atom. The molecule has 2 aromatic heterocycles. The van der Waals surface area contributed by atoms with Crippen LogP contribution in [0, 0.1) is 0 Å². The third-order valence-electron chi connectivity index (χ3n) is 4.08. The molecule has 0 fully saturated rings. The lowest BCUT2D eigenvalue weighted by atomic mass is 10.2. The Labute approximate surface area is 181 Å². The van der Waals surface area contributed by atoms with E-state index in [-0.39, 0.29) is 16.9 Å². The van der Waals surface area contributed by atoms with Gasteiger partial charge in [0.05, 0.1) is 11.9 Å². The third kappa shape index (κ3) is 6.20. The van der Waals surface area contributed by atoms with Crippen LogP contribution in [0.2, 0.25) is 0 Å². The molecule has 1 unspecified atom stereocenters. The zero-order valence-electron chi connectivity index (χ0n) is 16.8. The van der Waals surface area contributed by atoms with Crippen molar-refractivity contribution in [3.05, 3.63) is 48.8 Å². The lowest BCUT2D eigenvalue weighted by molar-refractivity contribution is -0.141. The van der Waals surface area contributed by atoms with Crippen molar-refractivity contribution in [2.24, 2.45) is 0 Å². The number of anilines is 1. The van der Waals surface area contributed by atoms with Gasteiger partial charge < -0.3 is 10.1 Å². The van der Waals surface area contributed by atoms with E-state index in [9.17, 15) is 18.0 Å². The molecule has 1 aromatic carbocycles. The highest BCUT2D eigenvalue weighted by atomic mass is 32.2. The topological polar surface area (TPSA) is 81.9 Å². The minimum Gasteiger partial charge on any atom is -0.494 e. The standard InChI is InChI=1S/C20H20F3N5O2S/c1-3-30-16-6-4-15(5-7-16)25-18(29)13(2)31-19-27-26-17(14-8-10-24-11-9-14)28(19)12-20(21,22)23/h4-11,13H,3,12H2,1-2H3,(H,25,29). The van der Waals surface area contributed by atoms with E-state index in [1.807, 2.05) is 6.92 Å². The van der Waals surface area contributed by atoms with Crippen LogP contribution in [0.1, 0.15) is 13.8 Å². The van der Waals surface area contributed by atoms with Crippen LogP contribution in [0.5, 0.6) is 5.75 Å². The molecule has 0 aliphatic rings. The van der Waals surface area contributed by atoms with E-state index in [0.29, 0.717) is 23.6 Å². The van der Waals surface area contributed by atoms with Crippen molar-refractivity contribution in [2.45, 2.75) is 37.0 Å². The molecule has 7 nitrogen and oxygen atoms in total. The monoisotopic (exact) mass is 451 g/mol.